The van der Waals surface area contributed by atoms with Crippen molar-refractivity contribution in [3.8, 4) is 0 Å². The molecule has 0 spiro atoms. The Morgan fingerprint density at radius 1 is 1.30 bits per heavy atom. The molecule has 27 heavy (non-hydrogen) atoms. The molecule has 0 saturated carbocycles. The van der Waals surface area contributed by atoms with Crippen LogP contribution in [0.15, 0.2) is 29.6 Å². The van der Waals surface area contributed by atoms with Crippen molar-refractivity contribution < 1.29 is 22.8 Å². The van der Waals surface area contributed by atoms with Gasteiger partial charge in [0.05, 0.1) is 12.1 Å². The Balaban J connectivity index is 1.94. The Labute approximate surface area is 158 Å². The minimum absolute atomic E-state index is 0.0111. The zero-order chi connectivity index (χ0) is 20.0. The van der Waals surface area contributed by atoms with E-state index in [0.717, 1.165) is 29.9 Å². The van der Waals surface area contributed by atoms with E-state index in [9.17, 15) is 22.8 Å². The average molecular weight is 400 g/mol. The topological polar surface area (TPSA) is 83.1 Å². The van der Waals surface area contributed by atoms with Crippen molar-refractivity contribution in [1.29, 1.82) is 0 Å². The summed E-state index contributed by atoms with van der Waals surface area (Å²) in [6.45, 7) is 3.60. The van der Waals surface area contributed by atoms with Crippen LogP contribution in [0.2, 0.25) is 0 Å². The van der Waals surface area contributed by atoms with Crippen molar-refractivity contribution in [2.75, 3.05) is 11.9 Å². The summed E-state index contributed by atoms with van der Waals surface area (Å²) in [5.41, 5.74) is -0.501. The zero-order valence-corrected chi connectivity index (χ0v) is 15.5. The molecule has 0 unspecified atom stereocenters. The fourth-order valence-electron chi connectivity index (χ4n) is 2.01. The summed E-state index contributed by atoms with van der Waals surface area (Å²) in [4.78, 5) is 27.7. The number of hydrogen-bond acceptors (Lipinski definition) is 5. The number of nitrogens with zero attached hydrogens (tertiary/aromatic N) is 1. The molecule has 0 aliphatic heterocycles. The maximum atomic E-state index is 12.7. The normalized spacial score (nSPS) is 12.3. The SMILES string of the molecule is CC[C@@H](C)NC(=O)CNC(=O)c1csc(Nc2cccc(C(F)(F)F)c2)n1. The quantitative estimate of drug-likeness (QED) is 0.664. The number of carbonyl (C=O) groups excluding carboxylic acids is 2. The first kappa shape index (κ1) is 20.7. The van der Waals surface area contributed by atoms with E-state index in [1.165, 1.54) is 17.5 Å². The van der Waals surface area contributed by atoms with Gasteiger partial charge in [0.2, 0.25) is 5.91 Å². The van der Waals surface area contributed by atoms with Crippen molar-refractivity contribution in [1.82, 2.24) is 15.6 Å². The van der Waals surface area contributed by atoms with E-state index in [4.69, 9.17) is 0 Å². The Bertz CT molecular complexity index is 807. The van der Waals surface area contributed by atoms with E-state index >= 15 is 0 Å². The van der Waals surface area contributed by atoms with Crippen molar-refractivity contribution in [2.24, 2.45) is 0 Å². The first-order valence-electron chi connectivity index (χ1n) is 8.16. The number of rotatable bonds is 7. The van der Waals surface area contributed by atoms with Crippen molar-refractivity contribution in [3.05, 3.63) is 40.9 Å². The lowest BCUT2D eigenvalue weighted by molar-refractivity contribution is -0.137. The standard InChI is InChI=1S/C17H19F3N4O2S/c1-3-10(2)22-14(25)8-21-15(26)13-9-27-16(24-13)23-12-6-4-5-11(7-12)17(18,19)20/h4-7,9-10H,3,8H2,1-2H3,(H,21,26)(H,22,25)(H,23,24)/t10-/m1/s1. The molecule has 1 atom stereocenters. The molecule has 0 fully saturated rings. The van der Waals surface area contributed by atoms with Gasteiger partial charge in [0, 0.05) is 17.1 Å². The number of thiazole rings is 1. The molecule has 0 aliphatic carbocycles. The number of anilines is 2. The van der Waals surface area contributed by atoms with Gasteiger partial charge in [-0.1, -0.05) is 13.0 Å². The molecule has 0 aliphatic rings. The lowest BCUT2D eigenvalue weighted by Gasteiger charge is -2.11. The molecule has 10 heteroatoms. The molecule has 6 nitrogen and oxygen atoms in total. The average Bonchev–Trinajstić information content (AvgIpc) is 3.07. The van der Waals surface area contributed by atoms with E-state index in [-0.39, 0.29) is 35.0 Å². The highest BCUT2D eigenvalue weighted by molar-refractivity contribution is 7.14. The van der Waals surface area contributed by atoms with Crippen LogP contribution >= 0.6 is 11.3 Å². The number of amides is 2. The highest BCUT2D eigenvalue weighted by Crippen LogP contribution is 2.31. The monoisotopic (exact) mass is 400 g/mol. The second kappa shape index (κ2) is 8.85. The molecule has 0 saturated heterocycles. The predicted molar refractivity (Wildman–Crippen MR) is 97.1 cm³/mol. The Morgan fingerprint density at radius 3 is 2.70 bits per heavy atom. The third-order valence-electron chi connectivity index (χ3n) is 3.61. The molecule has 1 heterocycles. The molecule has 1 aromatic carbocycles. The fourth-order valence-corrected chi connectivity index (χ4v) is 2.72. The van der Waals surface area contributed by atoms with E-state index in [2.05, 4.69) is 20.9 Å². The Kier molecular flexibility index (Phi) is 6.78. The van der Waals surface area contributed by atoms with Gasteiger partial charge in [-0.25, -0.2) is 4.98 Å². The molecule has 2 amide bonds. The van der Waals surface area contributed by atoms with Crippen LogP contribution in [0.5, 0.6) is 0 Å². The van der Waals surface area contributed by atoms with E-state index in [0.29, 0.717) is 0 Å². The molecule has 2 rings (SSSR count). The summed E-state index contributed by atoms with van der Waals surface area (Å²) in [6.07, 6.45) is -3.67. The van der Waals surface area contributed by atoms with Gasteiger partial charge in [-0.2, -0.15) is 13.2 Å². The first-order chi connectivity index (χ1) is 12.7. The molecular formula is C17H19F3N4O2S. The maximum absolute atomic E-state index is 12.7. The molecule has 1 aromatic heterocycles. The van der Waals surface area contributed by atoms with E-state index < -0.39 is 17.6 Å². The van der Waals surface area contributed by atoms with Gasteiger partial charge in [-0.05, 0) is 31.5 Å². The van der Waals surface area contributed by atoms with Gasteiger partial charge < -0.3 is 16.0 Å². The number of nitrogens with one attached hydrogen (secondary N) is 3. The van der Waals surface area contributed by atoms with Crippen LogP contribution in [0.1, 0.15) is 36.3 Å². The minimum Gasteiger partial charge on any atom is -0.352 e. The lowest BCUT2D eigenvalue weighted by Crippen LogP contribution is -2.40. The predicted octanol–water partition coefficient (Wildman–Crippen LogP) is 3.55. The second-order valence-corrected chi connectivity index (χ2v) is 6.66. The van der Waals surface area contributed by atoms with Crippen LogP contribution in [0.25, 0.3) is 0 Å². The number of carbonyl (C=O) groups is 2. The van der Waals surface area contributed by atoms with Gasteiger partial charge in [0.15, 0.2) is 5.13 Å². The number of hydrogen-bond donors (Lipinski definition) is 3. The van der Waals surface area contributed by atoms with E-state index in [1.807, 2.05) is 13.8 Å². The summed E-state index contributed by atoms with van der Waals surface area (Å²) >= 11 is 1.07. The molecule has 3 N–H and O–H groups in total. The van der Waals surface area contributed by atoms with Gasteiger partial charge in [-0.3, -0.25) is 9.59 Å². The molecule has 0 radical (unpaired) electrons. The summed E-state index contributed by atoms with van der Waals surface area (Å²) in [6, 6.07) is 4.69. The zero-order valence-electron chi connectivity index (χ0n) is 14.7. The molecule has 2 aromatic rings. The summed E-state index contributed by atoms with van der Waals surface area (Å²) < 4.78 is 38.2. The second-order valence-electron chi connectivity index (χ2n) is 5.80. The van der Waals surface area contributed by atoms with E-state index in [1.54, 1.807) is 0 Å². The maximum Gasteiger partial charge on any atom is 0.416 e. The van der Waals surface area contributed by atoms with Crippen LogP contribution in [-0.4, -0.2) is 29.4 Å². The van der Waals surface area contributed by atoms with Crippen LogP contribution < -0.4 is 16.0 Å². The molecular weight excluding hydrogens is 381 g/mol. The van der Waals surface area contributed by atoms with Gasteiger partial charge in [0.1, 0.15) is 5.69 Å². The van der Waals surface area contributed by atoms with Crippen LogP contribution in [0, 0.1) is 0 Å². The van der Waals surface area contributed by atoms with Gasteiger partial charge in [-0.15, -0.1) is 11.3 Å². The third kappa shape index (κ3) is 6.24. The minimum atomic E-state index is -4.44. The smallest absolute Gasteiger partial charge is 0.352 e. The number of halogens is 3. The number of benzene rings is 1. The highest BCUT2D eigenvalue weighted by atomic mass is 32.1. The van der Waals surface area contributed by atoms with Crippen LogP contribution in [0.4, 0.5) is 24.0 Å². The largest absolute Gasteiger partial charge is 0.416 e. The van der Waals surface area contributed by atoms with Crippen LogP contribution in [-0.2, 0) is 11.0 Å². The Hall–Kier alpha value is -2.62. The van der Waals surface area contributed by atoms with Gasteiger partial charge in [0.25, 0.3) is 5.91 Å². The summed E-state index contributed by atoms with van der Waals surface area (Å²) in [5, 5.41) is 9.63. The summed E-state index contributed by atoms with van der Waals surface area (Å²) in [7, 11) is 0. The third-order valence-corrected chi connectivity index (χ3v) is 4.36. The van der Waals surface area contributed by atoms with Gasteiger partial charge >= 0.3 is 6.18 Å². The molecule has 146 valence electrons. The van der Waals surface area contributed by atoms with Crippen molar-refractivity contribution in [3.63, 3.8) is 0 Å². The number of aromatic nitrogens is 1. The first-order valence-corrected chi connectivity index (χ1v) is 9.04. The highest BCUT2D eigenvalue weighted by Gasteiger charge is 2.30. The van der Waals surface area contributed by atoms with Crippen LogP contribution in [0.3, 0.4) is 0 Å². The fraction of sp³-hybridized carbons (Fsp3) is 0.353. The van der Waals surface area contributed by atoms with Crippen molar-refractivity contribution in [2.45, 2.75) is 32.5 Å². The lowest BCUT2D eigenvalue weighted by atomic mass is 10.2. The van der Waals surface area contributed by atoms with Crippen molar-refractivity contribution >= 4 is 34.0 Å². The molecule has 0 bridgehead atoms. The Morgan fingerprint density at radius 2 is 2.04 bits per heavy atom. The summed E-state index contributed by atoms with van der Waals surface area (Å²) in [5.74, 6) is -0.849. The number of alkyl halides is 3.